The van der Waals surface area contributed by atoms with Crippen molar-refractivity contribution < 1.29 is 19.8 Å². The smallest absolute Gasteiger partial charge is 0.328 e. The van der Waals surface area contributed by atoms with Gasteiger partial charge in [0.25, 0.3) is 0 Å². The predicted molar refractivity (Wildman–Crippen MR) is 66.2 cm³/mol. The van der Waals surface area contributed by atoms with Gasteiger partial charge in [0.2, 0.25) is 0 Å². The van der Waals surface area contributed by atoms with Gasteiger partial charge >= 0.3 is 12.0 Å². The van der Waals surface area contributed by atoms with E-state index in [2.05, 4.69) is 17.6 Å². The summed E-state index contributed by atoms with van der Waals surface area (Å²) in [5, 5.41) is 22.6. The number of nitrogens with one attached hydrogen (secondary N) is 2. The Morgan fingerprint density at radius 2 is 1.94 bits per heavy atom. The maximum absolute atomic E-state index is 11.6. The summed E-state index contributed by atoms with van der Waals surface area (Å²) in [5.41, 5.74) is 0. The molecule has 0 heterocycles. The highest BCUT2D eigenvalue weighted by molar-refractivity contribution is 5.82. The number of amides is 2. The van der Waals surface area contributed by atoms with Gasteiger partial charge in [0, 0.05) is 6.04 Å². The normalized spacial score (nSPS) is 25.9. The van der Waals surface area contributed by atoms with E-state index in [0.717, 1.165) is 19.3 Å². The number of urea groups is 1. The van der Waals surface area contributed by atoms with Crippen LogP contribution in [0.4, 0.5) is 4.79 Å². The Hall–Kier alpha value is -1.30. The van der Waals surface area contributed by atoms with Crippen molar-refractivity contribution in [2.75, 3.05) is 6.61 Å². The second-order valence-corrected chi connectivity index (χ2v) is 4.91. The van der Waals surface area contributed by atoms with Crippen LogP contribution in [-0.4, -0.2) is 40.9 Å². The monoisotopic (exact) mass is 258 g/mol. The van der Waals surface area contributed by atoms with E-state index in [-0.39, 0.29) is 6.04 Å². The fourth-order valence-electron chi connectivity index (χ4n) is 2.26. The third-order valence-corrected chi connectivity index (χ3v) is 3.46. The number of hydrogen-bond donors (Lipinski definition) is 4. The van der Waals surface area contributed by atoms with E-state index in [4.69, 9.17) is 10.2 Å². The van der Waals surface area contributed by atoms with Crippen molar-refractivity contribution in [1.82, 2.24) is 10.6 Å². The summed E-state index contributed by atoms with van der Waals surface area (Å²) in [6.07, 6.45) is 5.43. The van der Waals surface area contributed by atoms with Crippen LogP contribution >= 0.6 is 0 Å². The Morgan fingerprint density at radius 3 is 2.56 bits per heavy atom. The molecule has 0 aliphatic heterocycles. The number of carbonyl (C=O) groups is 2. The van der Waals surface area contributed by atoms with E-state index in [1.807, 2.05) is 0 Å². The van der Waals surface area contributed by atoms with Gasteiger partial charge in [-0.15, -0.1) is 0 Å². The molecule has 0 aromatic rings. The molecule has 0 spiro atoms. The fourth-order valence-corrected chi connectivity index (χ4v) is 2.26. The molecule has 6 heteroatoms. The zero-order valence-electron chi connectivity index (χ0n) is 10.7. The molecule has 0 saturated heterocycles. The molecule has 0 radical (unpaired) electrons. The van der Waals surface area contributed by atoms with Gasteiger partial charge in [-0.1, -0.05) is 26.2 Å². The van der Waals surface area contributed by atoms with Crippen molar-refractivity contribution in [3.05, 3.63) is 0 Å². The first kappa shape index (κ1) is 14.8. The Balaban J connectivity index is 2.44. The summed E-state index contributed by atoms with van der Waals surface area (Å²) in [5.74, 6) is -0.836. The van der Waals surface area contributed by atoms with Crippen LogP contribution in [0.2, 0.25) is 0 Å². The lowest BCUT2D eigenvalue weighted by molar-refractivity contribution is -0.140. The zero-order valence-corrected chi connectivity index (χ0v) is 10.7. The minimum absolute atomic E-state index is 0.0839. The highest BCUT2D eigenvalue weighted by atomic mass is 16.4. The van der Waals surface area contributed by atoms with Crippen molar-refractivity contribution in [1.29, 1.82) is 0 Å². The molecule has 2 amide bonds. The van der Waals surface area contributed by atoms with Gasteiger partial charge in [0.15, 0.2) is 6.04 Å². The summed E-state index contributed by atoms with van der Waals surface area (Å²) >= 11 is 0. The largest absolute Gasteiger partial charge is 0.480 e. The Labute approximate surface area is 107 Å². The first-order valence-electron chi connectivity index (χ1n) is 6.45. The molecule has 1 rings (SSSR count). The van der Waals surface area contributed by atoms with Gasteiger partial charge in [-0.25, -0.2) is 9.59 Å². The molecule has 1 fully saturated rings. The molecule has 0 aromatic carbocycles. The topological polar surface area (TPSA) is 98.7 Å². The number of carboxylic acids is 1. The molecule has 3 atom stereocenters. The lowest BCUT2D eigenvalue weighted by Gasteiger charge is -2.23. The van der Waals surface area contributed by atoms with Crippen LogP contribution < -0.4 is 10.6 Å². The number of hydrogen-bond acceptors (Lipinski definition) is 3. The summed E-state index contributed by atoms with van der Waals surface area (Å²) in [6, 6.07) is -1.68. The molecule has 0 aromatic heterocycles. The van der Waals surface area contributed by atoms with Crippen LogP contribution in [0.1, 0.15) is 39.0 Å². The second-order valence-electron chi connectivity index (χ2n) is 4.91. The van der Waals surface area contributed by atoms with Crippen LogP contribution in [0.15, 0.2) is 0 Å². The number of carbonyl (C=O) groups excluding carboxylic acids is 1. The predicted octanol–water partition coefficient (Wildman–Crippen LogP) is 0.700. The van der Waals surface area contributed by atoms with Gasteiger partial charge in [-0.05, 0) is 18.8 Å². The Bertz CT molecular complexity index is 296. The molecule has 104 valence electrons. The van der Waals surface area contributed by atoms with Crippen LogP contribution in [0, 0.1) is 5.92 Å². The average Bonchev–Trinajstić information content (AvgIpc) is 2.51. The second kappa shape index (κ2) is 7.20. The van der Waals surface area contributed by atoms with Gasteiger partial charge in [0.1, 0.15) is 0 Å². The summed E-state index contributed by atoms with van der Waals surface area (Å²) in [7, 11) is 0. The van der Waals surface area contributed by atoms with Crippen LogP contribution in [0.25, 0.3) is 0 Å². The summed E-state index contributed by atoms with van der Waals surface area (Å²) < 4.78 is 0. The lowest BCUT2D eigenvalue weighted by atomic mass is 9.97. The number of aliphatic hydroxyl groups excluding tert-OH is 1. The third-order valence-electron chi connectivity index (χ3n) is 3.46. The maximum atomic E-state index is 11.6. The number of rotatable bonds is 4. The molecule has 6 nitrogen and oxygen atoms in total. The molecule has 18 heavy (non-hydrogen) atoms. The number of aliphatic carboxylic acids is 1. The molecule has 1 aliphatic carbocycles. The van der Waals surface area contributed by atoms with Crippen molar-refractivity contribution in [2.45, 2.75) is 51.1 Å². The Kier molecular flexibility index (Phi) is 5.91. The first-order chi connectivity index (χ1) is 8.54. The minimum Gasteiger partial charge on any atom is -0.480 e. The van der Waals surface area contributed by atoms with Gasteiger partial charge < -0.3 is 20.8 Å². The highest BCUT2D eigenvalue weighted by Gasteiger charge is 2.24. The average molecular weight is 258 g/mol. The zero-order chi connectivity index (χ0) is 13.5. The van der Waals surface area contributed by atoms with E-state index < -0.39 is 24.6 Å². The molecule has 1 saturated carbocycles. The molecule has 1 aliphatic rings. The fraction of sp³-hybridized carbons (Fsp3) is 0.833. The van der Waals surface area contributed by atoms with E-state index in [1.54, 1.807) is 0 Å². The van der Waals surface area contributed by atoms with Crippen LogP contribution in [0.5, 0.6) is 0 Å². The van der Waals surface area contributed by atoms with Crippen LogP contribution in [0.3, 0.4) is 0 Å². The van der Waals surface area contributed by atoms with E-state index in [9.17, 15) is 9.59 Å². The molecular weight excluding hydrogens is 236 g/mol. The number of aliphatic hydroxyl groups is 1. The highest BCUT2D eigenvalue weighted by Crippen LogP contribution is 2.22. The van der Waals surface area contributed by atoms with Crippen molar-refractivity contribution in [3.63, 3.8) is 0 Å². The van der Waals surface area contributed by atoms with Gasteiger partial charge in [-0.2, -0.15) is 0 Å². The van der Waals surface area contributed by atoms with Gasteiger partial charge in [0.05, 0.1) is 6.61 Å². The molecule has 4 N–H and O–H groups in total. The van der Waals surface area contributed by atoms with Crippen molar-refractivity contribution in [2.24, 2.45) is 5.92 Å². The van der Waals surface area contributed by atoms with E-state index in [1.165, 1.54) is 12.8 Å². The Morgan fingerprint density at radius 1 is 1.28 bits per heavy atom. The minimum atomic E-state index is -1.24. The molecule has 0 bridgehead atoms. The lowest BCUT2D eigenvalue weighted by Crippen LogP contribution is -2.51. The molecular formula is C12H22N2O4. The van der Waals surface area contributed by atoms with E-state index in [0.29, 0.717) is 5.92 Å². The van der Waals surface area contributed by atoms with Crippen LogP contribution in [-0.2, 0) is 4.79 Å². The summed E-state index contributed by atoms with van der Waals surface area (Å²) in [6.45, 7) is 1.49. The van der Waals surface area contributed by atoms with Gasteiger partial charge in [-0.3, -0.25) is 0 Å². The van der Waals surface area contributed by atoms with E-state index >= 15 is 0 Å². The maximum Gasteiger partial charge on any atom is 0.328 e. The summed E-state index contributed by atoms with van der Waals surface area (Å²) in [4.78, 5) is 22.3. The first-order valence-corrected chi connectivity index (χ1v) is 6.45. The number of carboxylic acid groups (broad SMARTS) is 1. The third kappa shape index (κ3) is 4.52. The van der Waals surface area contributed by atoms with Crippen molar-refractivity contribution >= 4 is 12.0 Å². The molecule has 3 unspecified atom stereocenters. The standard InChI is InChI=1S/C12H22N2O4/c1-8-5-3-2-4-6-9(8)13-12(18)14-10(7-15)11(16)17/h8-10,15H,2-7H2,1H3,(H,16,17)(H2,13,14,18). The SMILES string of the molecule is CC1CCCCCC1NC(=O)NC(CO)C(=O)O. The van der Waals surface area contributed by atoms with Crippen molar-refractivity contribution in [3.8, 4) is 0 Å². The quantitative estimate of drug-likeness (QED) is 0.558.